The zero-order valence-corrected chi connectivity index (χ0v) is 11.2. The molecule has 1 aliphatic rings. The average molecular weight is 291 g/mol. The van der Waals surface area contributed by atoms with Gasteiger partial charge in [0.2, 0.25) is 5.91 Å². The van der Waals surface area contributed by atoms with Crippen molar-refractivity contribution in [3.05, 3.63) is 35.4 Å². The van der Waals surface area contributed by atoms with Crippen LogP contribution in [-0.2, 0) is 11.2 Å². The van der Waals surface area contributed by atoms with Gasteiger partial charge in [0, 0.05) is 19.2 Å². The van der Waals surface area contributed by atoms with Crippen LogP contribution in [0.5, 0.6) is 0 Å². The highest BCUT2D eigenvalue weighted by Gasteiger charge is 2.21. The van der Waals surface area contributed by atoms with Crippen molar-refractivity contribution < 1.29 is 13.6 Å². The maximum atomic E-state index is 12.9. The molecule has 1 unspecified atom stereocenters. The lowest BCUT2D eigenvalue weighted by molar-refractivity contribution is -0.124. The minimum absolute atomic E-state index is 0. The minimum Gasteiger partial charge on any atom is -0.355 e. The van der Waals surface area contributed by atoms with E-state index >= 15 is 0 Å². The maximum Gasteiger partial charge on any atom is 0.224 e. The first kappa shape index (κ1) is 15.9. The predicted molar refractivity (Wildman–Crippen MR) is 71.3 cm³/mol. The van der Waals surface area contributed by atoms with Crippen LogP contribution in [0.2, 0.25) is 0 Å². The van der Waals surface area contributed by atoms with E-state index in [0.717, 1.165) is 19.0 Å². The molecule has 1 heterocycles. The van der Waals surface area contributed by atoms with Crippen molar-refractivity contribution >= 4 is 18.3 Å². The standard InChI is InChI=1S/C13H16F2N2O.ClH/c14-11-5-9(6-12(15)7-11)1-4-17-13(18)10-2-3-16-8-10;/h5-7,10,16H,1-4,8H2,(H,17,18);1H. The molecule has 1 saturated heterocycles. The van der Waals surface area contributed by atoms with Crippen LogP contribution in [0.1, 0.15) is 12.0 Å². The van der Waals surface area contributed by atoms with E-state index in [9.17, 15) is 13.6 Å². The fourth-order valence-electron chi connectivity index (χ4n) is 2.11. The van der Waals surface area contributed by atoms with Crippen molar-refractivity contribution in [1.82, 2.24) is 10.6 Å². The van der Waals surface area contributed by atoms with Gasteiger partial charge in [0.15, 0.2) is 0 Å². The van der Waals surface area contributed by atoms with E-state index in [4.69, 9.17) is 0 Å². The summed E-state index contributed by atoms with van der Waals surface area (Å²) in [7, 11) is 0. The Balaban J connectivity index is 0.00000180. The number of hydrogen-bond acceptors (Lipinski definition) is 2. The Labute approximate surface area is 117 Å². The largest absolute Gasteiger partial charge is 0.355 e. The zero-order valence-electron chi connectivity index (χ0n) is 10.4. The molecule has 0 spiro atoms. The van der Waals surface area contributed by atoms with E-state index < -0.39 is 11.6 Å². The lowest BCUT2D eigenvalue weighted by Crippen LogP contribution is -2.33. The van der Waals surface area contributed by atoms with Gasteiger partial charge in [-0.1, -0.05) is 0 Å². The molecule has 1 fully saturated rings. The van der Waals surface area contributed by atoms with E-state index in [1.54, 1.807) is 0 Å². The summed E-state index contributed by atoms with van der Waals surface area (Å²) in [4.78, 5) is 11.7. The van der Waals surface area contributed by atoms with Crippen LogP contribution >= 0.6 is 12.4 Å². The normalized spacial score (nSPS) is 17.9. The third kappa shape index (κ3) is 4.76. The van der Waals surface area contributed by atoms with Gasteiger partial charge in [-0.25, -0.2) is 8.78 Å². The molecule has 1 amide bonds. The summed E-state index contributed by atoms with van der Waals surface area (Å²) in [5.41, 5.74) is 0.553. The molecule has 1 aromatic rings. The fraction of sp³-hybridized carbons (Fsp3) is 0.462. The molecule has 1 aromatic carbocycles. The summed E-state index contributed by atoms with van der Waals surface area (Å²) in [5, 5.41) is 5.90. The van der Waals surface area contributed by atoms with Crippen LogP contribution in [0.15, 0.2) is 18.2 Å². The van der Waals surface area contributed by atoms with Crippen molar-refractivity contribution in [1.29, 1.82) is 0 Å². The summed E-state index contributed by atoms with van der Waals surface area (Å²) in [6.07, 6.45) is 1.28. The number of carbonyl (C=O) groups is 1. The Morgan fingerprint density at radius 3 is 2.58 bits per heavy atom. The highest BCUT2D eigenvalue weighted by molar-refractivity contribution is 5.85. The Morgan fingerprint density at radius 2 is 2.00 bits per heavy atom. The molecular formula is C13H17ClF2N2O. The van der Waals surface area contributed by atoms with Crippen LogP contribution < -0.4 is 10.6 Å². The van der Waals surface area contributed by atoms with Crippen molar-refractivity contribution in [2.45, 2.75) is 12.8 Å². The summed E-state index contributed by atoms with van der Waals surface area (Å²) in [5.74, 6) is -1.14. The van der Waals surface area contributed by atoms with Crippen molar-refractivity contribution in [2.24, 2.45) is 5.92 Å². The molecule has 1 aliphatic heterocycles. The monoisotopic (exact) mass is 290 g/mol. The summed E-state index contributed by atoms with van der Waals surface area (Å²) >= 11 is 0. The van der Waals surface area contributed by atoms with Gasteiger partial charge in [0.25, 0.3) is 0 Å². The van der Waals surface area contributed by atoms with Gasteiger partial charge >= 0.3 is 0 Å². The molecule has 0 radical (unpaired) electrons. The Hall–Kier alpha value is -1.20. The molecule has 0 aromatic heterocycles. The summed E-state index contributed by atoms with van der Waals surface area (Å²) in [6, 6.07) is 3.41. The first-order chi connectivity index (χ1) is 8.65. The molecule has 106 valence electrons. The van der Waals surface area contributed by atoms with E-state index in [1.807, 2.05) is 0 Å². The first-order valence-corrected chi connectivity index (χ1v) is 6.08. The number of amides is 1. The second-order valence-corrected chi connectivity index (χ2v) is 4.51. The SMILES string of the molecule is Cl.O=C(NCCc1cc(F)cc(F)c1)C1CCNC1. The van der Waals surface area contributed by atoms with Gasteiger partial charge in [0.05, 0.1) is 5.92 Å². The minimum atomic E-state index is -0.587. The van der Waals surface area contributed by atoms with E-state index in [0.29, 0.717) is 25.1 Å². The molecule has 2 N–H and O–H groups in total. The predicted octanol–water partition coefficient (Wildman–Crippen LogP) is 1.65. The highest BCUT2D eigenvalue weighted by atomic mass is 35.5. The summed E-state index contributed by atoms with van der Waals surface area (Å²) in [6.45, 7) is 1.98. The van der Waals surface area contributed by atoms with E-state index in [2.05, 4.69) is 10.6 Å². The number of benzene rings is 1. The van der Waals surface area contributed by atoms with Gasteiger partial charge in [-0.15, -0.1) is 12.4 Å². The number of rotatable bonds is 4. The third-order valence-corrected chi connectivity index (χ3v) is 3.07. The Morgan fingerprint density at radius 1 is 1.32 bits per heavy atom. The molecule has 3 nitrogen and oxygen atoms in total. The molecule has 2 rings (SSSR count). The van der Waals surface area contributed by atoms with Gasteiger partial charge < -0.3 is 10.6 Å². The smallest absolute Gasteiger partial charge is 0.224 e. The van der Waals surface area contributed by atoms with E-state index in [1.165, 1.54) is 12.1 Å². The fourth-order valence-corrected chi connectivity index (χ4v) is 2.11. The second-order valence-electron chi connectivity index (χ2n) is 4.51. The molecule has 0 saturated carbocycles. The van der Waals surface area contributed by atoms with Crippen molar-refractivity contribution in [3.63, 3.8) is 0 Å². The topological polar surface area (TPSA) is 41.1 Å². The molecule has 6 heteroatoms. The lowest BCUT2D eigenvalue weighted by atomic mass is 10.1. The van der Waals surface area contributed by atoms with E-state index in [-0.39, 0.29) is 24.2 Å². The summed E-state index contributed by atoms with van der Waals surface area (Å²) < 4.78 is 25.8. The highest BCUT2D eigenvalue weighted by Crippen LogP contribution is 2.09. The van der Waals surface area contributed by atoms with Crippen LogP contribution in [-0.4, -0.2) is 25.5 Å². The van der Waals surface area contributed by atoms with Crippen LogP contribution in [0.3, 0.4) is 0 Å². The van der Waals surface area contributed by atoms with Crippen molar-refractivity contribution in [3.8, 4) is 0 Å². The van der Waals surface area contributed by atoms with Gasteiger partial charge in [-0.2, -0.15) is 0 Å². The number of carbonyl (C=O) groups excluding carboxylic acids is 1. The molecule has 19 heavy (non-hydrogen) atoms. The van der Waals surface area contributed by atoms with Gasteiger partial charge in [0.1, 0.15) is 11.6 Å². The number of halogens is 3. The lowest BCUT2D eigenvalue weighted by Gasteiger charge is -2.09. The first-order valence-electron chi connectivity index (χ1n) is 6.08. The molecule has 1 atom stereocenters. The van der Waals surface area contributed by atoms with Crippen LogP contribution in [0, 0.1) is 17.6 Å². The Bertz CT molecular complexity index is 416. The molecular weight excluding hydrogens is 274 g/mol. The number of hydrogen-bond donors (Lipinski definition) is 2. The van der Waals surface area contributed by atoms with Crippen LogP contribution in [0.4, 0.5) is 8.78 Å². The molecule has 0 bridgehead atoms. The van der Waals surface area contributed by atoms with Gasteiger partial charge in [-0.3, -0.25) is 4.79 Å². The third-order valence-electron chi connectivity index (χ3n) is 3.07. The van der Waals surface area contributed by atoms with Gasteiger partial charge in [-0.05, 0) is 37.1 Å². The quantitative estimate of drug-likeness (QED) is 0.885. The Kier molecular flexibility index (Phi) is 6.18. The maximum absolute atomic E-state index is 12.9. The molecule has 0 aliphatic carbocycles. The number of nitrogens with one attached hydrogen (secondary N) is 2. The van der Waals surface area contributed by atoms with Crippen molar-refractivity contribution in [2.75, 3.05) is 19.6 Å². The second kappa shape index (κ2) is 7.40. The van der Waals surface area contributed by atoms with Crippen LogP contribution in [0.25, 0.3) is 0 Å². The zero-order chi connectivity index (χ0) is 13.0. The average Bonchev–Trinajstić information content (AvgIpc) is 2.80.